The Bertz CT molecular complexity index is 598. The van der Waals surface area contributed by atoms with Gasteiger partial charge in [0.15, 0.2) is 0 Å². The first-order valence-electron chi connectivity index (χ1n) is 6.33. The predicted octanol–water partition coefficient (Wildman–Crippen LogP) is 2.12. The SMILES string of the molecule is CCc1oc2ccccc2c1/C=C/C(=O)NCCO. The maximum atomic E-state index is 11.5. The van der Waals surface area contributed by atoms with E-state index in [0.717, 1.165) is 28.7 Å². The molecule has 0 spiro atoms. The number of carbonyl (C=O) groups excluding carboxylic acids is 1. The number of aryl methyl sites for hydroxylation is 1. The van der Waals surface area contributed by atoms with Crippen LogP contribution in [-0.4, -0.2) is 24.2 Å². The Hall–Kier alpha value is -2.07. The van der Waals surface area contributed by atoms with E-state index in [1.807, 2.05) is 31.2 Å². The summed E-state index contributed by atoms with van der Waals surface area (Å²) in [5.41, 5.74) is 1.77. The summed E-state index contributed by atoms with van der Waals surface area (Å²) in [6.45, 7) is 2.21. The van der Waals surface area contributed by atoms with E-state index >= 15 is 0 Å². The molecule has 0 fully saturated rings. The molecule has 0 bridgehead atoms. The zero-order valence-corrected chi connectivity index (χ0v) is 10.8. The van der Waals surface area contributed by atoms with Crippen LogP contribution in [0.4, 0.5) is 0 Å². The third kappa shape index (κ3) is 3.03. The molecular formula is C15H17NO3. The van der Waals surface area contributed by atoms with Crippen molar-refractivity contribution in [1.82, 2.24) is 5.32 Å². The highest BCUT2D eigenvalue weighted by atomic mass is 16.3. The van der Waals surface area contributed by atoms with Gasteiger partial charge >= 0.3 is 0 Å². The lowest BCUT2D eigenvalue weighted by Crippen LogP contribution is -2.24. The van der Waals surface area contributed by atoms with E-state index in [1.165, 1.54) is 6.08 Å². The Labute approximate surface area is 111 Å². The summed E-state index contributed by atoms with van der Waals surface area (Å²) in [6.07, 6.45) is 4.00. The van der Waals surface area contributed by atoms with Crippen molar-refractivity contribution in [1.29, 1.82) is 0 Å². The number of fused-ring (bicyclic) bond motifs is 1. The van der Waals surface area contributed by atoms with Crippen LogP contribution >= 0.6 is 0 Å². The van der Waals surface area contributed by atoms with Crippen molar-refractivity contribution < 1.29 is 14.3 Å². The van der Waals surface area contributed by atoms with E-state index < -0.39 is 0 Å². The molecule has 0 saturated carbocycles. The first kappa shape index (κ1) is 13.4. The number of amides is 1. The number of hydrogen-bond donors (Lipinski definition) is 2. The molecule has 2 N–H and O–H groups in total. The van der Waals surface area contributed by atoms with Crippen LogP contribution < -0.4 is 5.32 Å². The monoisotopic (exact) mass is 259 g/mol. The van der Waals surface area contributed by atoms with Crippen molar-refractivity contribution >= 4 is 23.0 Å². The quantitative estimate of drug-likeness (QED) is 0.808. The van der Waals surface area contributed by atoms with Crippen LogP contribution in [-0.2, 0) is 11.2 Å². The minimum Gasteiger partial charge on any atom is -0.460 e. The summed E-state index contributed by atoms with van der Waals surface area (Å²) in [6, 6.07) is 7.76. The molecule has 4 nitrogen and oxygen atoms in total. The van der Waals surface area contributed by atoms with Gasteiger partial charge < -0.3 is 14.8 Å². The van der Waals surface area contributed by atoms with Gasteiger partial charge in [0, 0.05) is 30.0 Å². The van der Waals surface area contributed by atoms with Gasteiger partial charge in [-0.25, -0.2) is 0 Å². The number of hydrogen-bond acceptors (Lipinski definition) is 3. The predicted molar refractivity (Wildman–Crippen MR) is 74.7 cm³/mol. The standard InChI is InChI=1S/C15H17NO3/c1-2-13-12(7-8-15(18)16-9-10-17)11-5-3-4-6-14(11)19-13/h3-8,17H,2,9-10H2,1H3,(H,16,18)/b8-7+. The molecule has 2 rings (SSSR count). The second kappa shape index (κ2) is 6.20. The molecule has 0 saturated heterocycles. The van der Waals surface area contributed by atoms with E-state index in [2.05, 4.69) is 5.32 Å². The lowest BCUT2D eigenvalue weighted by Gasteiger charge is -1.97. The molecule has 1 aromatic heterocycles. The van der Waals surface area contributed by atoms with Crippen molar-refractivity contribution in [2.24, 2.45) is 0 Å². The molecule has 1 amide bonds. The zero-order valence-electron chi connectivity index (χ0n) is 10.8. The molecule has 19 heavy (non-hydrogen) atoms. The molecule has 1 aromatic carbocycles. The highest BCUT2D eigenvalue weighted by molar-refractivity contribution is 5.96. The van der Waals surface area contributed by atoms with Crippen LogP contribution in [0.3, 0.4) is 0 Å². The number of nitrogens with one attached hydrogen (secondary N) is 1. The van der Waals surface area contributed by atoms with Crippen LogP contribution in [0.5, 0.6) is 0 Å². The Morgan fingerprint density at radius 3 is 2.95 bits per heavy atom. The minimum atomic E-state index is -0.221. The smallest absolute Gasteiger partial charge is 0.244 e. The molecule has 0 aliphatic rings. The number of rotatable bonds is 5. The Morgan fingerprint density at radius 2 is 2.21 bits per heavy atom. The van der Waals surface area contributed by atoms with Gasteiger partial charge in [-0.3, -0.25) is 4.79 Å². The largest absolute Gasteiger partial charge is 0.460 e. The normalized spacial score (nSPS) is 11.3. The van der Waals surface area contributed by atoms with Gasteiger partial charge in [-0.1, -0.05) is 25.1 Å². The van der Waals surface area contributed by atoms with E-state index in [4.69, 9.17) is 9.52 Å². The lowest BCUT2D eigenvalue weighted by atomic mass is 10.1. The first-order valence-corrected chi connectivity index (χ1v) is 6.33. The Morgan fingerprint density at radius 1 is 1.42 bits per heavy atom. The molecule has 0 aliphatic heterocycles. The number of para-hydroxylation sites is 1. The Balaban J connectivity index is 2.28. The highest BCUT2D eigenvalue weighted by Gasteiger charge is 2.09. The van der Waals surface area contributed by atoms with E-state index in [9.17, 15) is 4.79 Å². The fraction of sp³-hybridized carbons (Fsp3) is 0.267. The first-order chi connectivity index (χ1) is 9.26. The van der Waals surface area contributed by atoms with Crippen molar-refractivity contribution in [3.8, 4) is 0 Å². The Kier molecular flexibility index (Phi) is 4.36. The van der Waals surface area contributed by atoms with Crippen LogP contribution in [0, 0.1) is 0 Å². The van der Waals surface area contributed by atoms with Crippen molar-refractivity contribution in [3.63, 3.8) is 0 Å². The van der Waals surface area contributed by atoms with Crippen molar-refractivity contribution in [2.75, 3.05) is 13.2 Å². The lowest BCUT2D eigenvalue weighted by molar-refractivity contribution is -0.116. The van der Waals surface area contributed by atoms with Crippen molar-refractivity contribution in [2.45, 2.75) is 13.3 Å². The summed E-state index contributed by atoms with van der Waals surface area (Å²) in [4.78, 5) is 11.5. The topological polar surface area (TPSA) is 62.5 Å². The van der Waals surface area contributed by atoms with Crippen LogP contribution in [0.25, 0.3) is 17.0 Å². The maximum absolute atomic E-state index is 11.5. The van der Waals surface area contributed by atoms with Gasteiger partial charge in [0.2, 0.25) is 5.91 Å². The van der Waals surface area contributed by atoms with E-state index in [0.29, 0.717) is 0 Å². The molecule has 0 unspecified atom stereocenters. The molecule has 1 heterocycles. The van der Waals surface area contributed by atoms with Crippen LogP contribution in [0.15, 0.2) is 34.8 Å². The number of aliphatic hydroxyl groups is 1. The van der Waals surface area contributed by atoms with Gasteiger partial charge in [-0.05, 0) is 12.1 Å². The van der Waals surface area contributed by atoms with Gasteiger partial charge in [0.05, 0.1) is 6.61 Å². The van der Waals surface area contributed by atoms with Gasteiger partial charge in [-0.15, -0.1) is 0 Å². The molecular weight excluding hydrogens is 242 g/mol. The highest BCUT2D eigenvalue weighted by Crippen LogP contribution is 2.27. The average Bonchev–Trinajstić information content (AvgIpc) is 2.80. The third-order valence-electron chi connectivity index (χ3n) is 2.84. The van der Waals surface area contributed by atoms with E-state index in [1.54, 1.807) is 6.08 Å². The maximum Gasteiger partial charge on any atom is 0.244 e. The fourth-order valence-electron chi connectivity index (χ4n) is 1.96. The summed E-state index contributed by atoms with van der Waals surface area (Å²) in [5.74, 6) is 0.647. The van der Waals surface area contributed by atoms with Gasteiger partial charge in [-0.2, -0.15) is 0 Å². The third-order valence-corrected chi connectivity index (χ3v) is 2.84. The number of furan rings is 1. The van der Waals surface area contributed by atoms with Gasteiger partial charge in [0.25, 0.3) is 0 Å². The fourth-order valence-corrected chi connectivity index (χ4v) is 1.96. The number of aliphatic hydroxyl groups excluding tert-OH is 1. The second-order valence-corrected chi connectivity index (χ2v) is 4.14. The number of carbonyl (C=O) groups is 1. The summed E-state index contributed by atoms with van der Waals surface area (Å²) < 4.78 is 5.74. The van der Waals surface area contributed by atoms with Gasteiger partial charge in [0.1, 0.15) is 11.3 Å². The summed E-state index contributed by atoms with van der Waals surface area (Å²) >= 11 is 0. The minimum absolute atomic E-state index is 0.0611. The van der Waals surface area contributed by atoms with Crippen LogP contribution in [0.1, 0.15) is 18.2 Å². The number of benzene rings is 1. The molecule has 2 aromatic rings. The summed E-state index contributed by atoms with van der Waals surface area (Å²) in [7, 11) is 0. The summed E-state index contributed by atoms with van der Waals surface area (Å²) in [5, 5.41) is 12.2. The molecule has 100 valence electrons. The second-order valence-electron chi connectivity index (χ2n) is 4.14. The molecule has 0 atom stereocenters. The average molecular weight is 259 g/mol. The molecule has 0 radical (unpaired) electrons. The van der Waals surface area contributed by atoms with Crippen molar-refractivity contribution in [3.05, 3.63) is 41.7 Å². The molecule has 0 aliphatic carbocycles. The molecule has 4 heteroatoms. The van der Waals surface area contributed by atoms with E-state index in [-0.39, 0.29) is 19.1 Å². The zero-order chi connectivity index (χ0) is 13.7. The van der Waals surface area contributed by atoms with Crippen LogP contribution in [0.2, 0.25) is 0 Å².